The van der Waals surface area contributed by atoms with Crippen molar-refractivity contribution in [2.24, 2.45) is 5.92 Å². The van der Waals surface area contributed by atoms with E-state index in [9.17, 15) is 0 Å². The van der Waals surface area contributed by atoms with Gasteiger partial charge in [-0.2, -0.15) is 0 Å². The van der Waals surface area contributed by atoms with Crippen LogP contribution < -0.4 is 5.32 Å². The Bertz CT molecular complexity index is 156. The molecule has 0 aliphatic carbocycles. The van der Waals surface area contributed by atoms with E-state index in [-0.39, 0.29) is 0 Å². The summed E-state index contributed by atoms with van der Waals surface area (Å²) in [6.07, 6.45) is 9.65. The monoisotopic (exact) mass is 181 g/mol. The molecule has 1 N–H and O–H groups in total. The molecule has 0 radical (unpaired) electrons. The lowest BCUT2D eigenvalue weighted by molar-refractivity contribution is 0.0549. The van der Waals surface area contributed by atoms with Crippen LogP contribution in [0, 0.1) is 18.3 Å². The Kier molecular flexibility index (Phi) is 5.64. The van der Waals surface area contributed by atoms with Gasteiger partial charge in [-0.25, -0.2) is 0 Å². The van der Waals surface area contributed by atoms with Crippen molar-refractivity contribution in [2.45, 2.75) is 25.7 Å². The highest BCUT2D eigenvalue weighted by Gasteiger charge is 2.12. The maximum absolute atomic E-state index is 5.39. The van der Waals surface area contributed by atoms with E-state index in [0.717, 1.165) is 45.1 Å². The molecule has 74 valence electrons. The third-order valence-corrected chi connectivity index (χ3v) is 2.36. The molecule has 1 saturated heterocycles. The van der Waals surface area contributed by atoms with Gasteiger partial charge in [-0.05, 0) is 31.7 Å². The lowest BCUT2D eigenvalue weighted by atomic mass is 10.0. The molecule has 0 aromatic heterocycles. The van der Waals surface area contributed by atoms with Gasteiger partial charge in [-0.15, -0.1) is 12.3 Å². The molecule has 1 aliphatic heterocycles. The second-order valence-corrected chi connectivity index (χ2v) is 3.59. The SMILES string of the molecule is C#CCCCNCC1CCCOC1. The lowest BCUT2D eigenvalue weighted by Gasteiger charge is -2.22. The third kappa shape index (κ3) is 4.92. The van der Waals surface area contributed by atoms with Gasteiger partial charge in [0.25, 0.3) is 0 Å². The van der Waals surface area contributed by atoms with Crippen molar-refractivity contribution in [3.05, 3.63) is 0 Å². The molecule has 0 amide bonds. The zero-order chi connectivity index (χ0) is 9.36. The normalized spacial score (nSPS) is 22.5. The molecular weight excluding hydrogens is 162 g/mol. The molecule has 0 spiro atoms. The highest BCUT2D eigenvalue weighted by atomic mass is 16.5. The van der Waals surface area contributed by atoms with Crippen LogP contribution in [0.2, 0.25) is 0 Å². The number of unbranched alkanes of at least 4 members (excludes halogenated alkanes) is 1. The van der Waals surface area contributed by atoms with Crippen molar-refractivity contribution in [1.29, 1.82) is 0 Å². The predicted molar refractivity (Wildman–Crippen MR) is 54.5 cm³/mol. The van der Waals surface area contributed by atoms with Crippen LogP contribution in [0.1, 0.15) is 25.7 Å². The van der Waals surface area contributed by atoms with Crippen LogP contribution in [0.25, 0.3) is 0 Å². The molecule has 1 unspecified atom stereocenters. The number of terminal acetylenes is 1. The molecule has 2 heteroatoms. The van der Waals surface area contributed by atoms with Crippen molar-refractivity contribution in [2.75, 3.05) is 26.3 Å². The van der Waals surface area contributed by atoms with Gasteiger partial charge in [-0.3, -0.25) is 0 Å². The van der Waals surface area contributed by atoms with Crippen LogP contribution in [0.4, 0.5) is 0 Å². The summed E-state index contributed by atoms with van der Waals surface area (Å²) in [7, 11) is 0. The summed E-state index contributed by atoms with van der Waals surface area (Å²) in [6, 6.07) is 0. The number of hydrogen-bond acceptors (Lipinski definition) is 2. The molecule has 0 aromatic carbocycles. The molecule has 1 fully saturated rings. The van der Waals surface area contributed by atoms with Crippen LogP contribution >= 0.6 is 0 Å². The highest BCUT2D eigenvalue weighted by molar-refractivity contribution is 4.83. The fourth-order valence-electron chi connectivity index (χ4n) is 1.59. The third-order valence-electron chi connectivity index (χ3n) is 2.36. The number of rotatable bonds is 5. The second kappa shape index (κ2) is 6.94. The van der Waals surface area contributed by atoms with Crippen molar-refractivity contribution in [3.63, 3.8) is 0 Å². The van der Waals surface area contributed by atoms with Gasteiger partial charge in [0, 0.05) is 19.6 Å². The Balaban J connectivity index is 1.90. The summed E-state index contributed by atoms with van der Waals surface area (Å²) < 4.78 is 5.39. The Morgan fingerprint density at radius 1 is 1.54 bits per heavy atom. The van der Waals surface area contributed by atoms with Gasteiger partial charge < -0.3 is 10.1 Å². The highest BCUT2D eigenvalue weighted by Crippen LogP contribution is 2.11. The lowest BCUT2D eigenvalue weighted by Crippen LogP contribution is -2.29. The van der Waals surface area contributed by atoms with Gasteiger partial charge in [0.05, 0.1) is 6.61 Å². The first-order valence-electron chi connectivity index (χ1n) is 5.15. The van der Waals surface area contributed by atoms with Crippen molar-refractivity contribution >= 4 is 0 Å². The van der Waals surface area contributed by atoms with Crippen molar-refractivity contribution in [3.8, 4) is 12.3 Å². The minimum atomic E-state index is 0.722. The molecule has 1 atom stereocenters. The predicted octanol–water partition coefficient (Wildman–Crippen LogP) is 1.42. The van der Waals surface area contributed by atoms with E-state index in [1.165, 1.54) is 12.8 Å². The van der Waals surface area contributed by atoms with Crippen LogP contribution in [0.3, 0.4) is 0 Å². The first kappa shape index (κ1) is 10.6. The van der Waals surface area contributed by atoms with E-state index >= 15 is 0 Å². The van der Waals surface area contributed by atoms with Crippen LogP contribution in [0.5, 0.6) is 0 Å². The van der Waals surface area contributed by atoms with Crippen molar-refractivity contribution < 1.29 is 4.74 Å². The van der Waals surface area contributed by atoms with Gasteiger partial charge in [0.15, 0.2) is 0 Å². The Labute approximate surface area is 81.0 Å². The summed E-state index contributed by atoms with van der Waals surface area (Å²) >= 11 is 0. The zero-order valence-corrected chi connectivity index (χ0v) is 8.22. The van der Waals surface area contributed by atoms with Gasteiger partial charge >= 0.3 is 0 Å². The smallest absolute Gasteiger partial charge is 0.0506 e. The second-order valence-electron chi connectivity index (χ2n) is 3.59. The topological polar surface area (TPSA) is 21.3 Å². The van der Waals surface area contributed by atoms with Crippen LogP contribution in [0.15, 0.2) is 0 Å². The number of nitrogens with one attached hydrogen (secondary N) is 1. The molecule has 0 aromatic rings. The summed E-state index contributed by atoms with van der Waals surface area (Å²) in [5, 5.41) is 3.41. The average Bonchev–Trinajstić information content (AvgIpc) is 2.19. The zero-order valence-electron chi connectivity index (χ0n) is 8.22. The summed E-state index contributed by atoms with van der Waals surface area (Å²) in [5.41, 5.74) is 0. The Morgan fingerprint density at radius 3 is 3.15 bits per heavy atom. The maximum atomic E-state index is 5.39. The molecule has 1 rings (SSSR count). The van der Waals surface area contributed by atoms with E-state index in [1.54, 1.807) is 0 Å². The van der Waals surface area contributed by atoms with E-state index in [2.05, 4.69) is 11.2 Å². The first-order valence-corrected chi connectivity index (χ1v) is 5.15. The minimum absolute atomic E-state index is 0.722. The van der Waals surface area contributed by atoms with E-state index in [0.29, 0.717) is 0 Å². The van der Waals surface area contributed by atoms with E-state index in [1.807, 2.05) is 0 Å². The van der Waals surface area contributed by atoms with E-state index in [4.69, 9.17) is 11.2 Å². The first-order chi connectivity index (χ1) is 6.43. The van der Waals surface area contributed by atoms with Gasteiger partial charge in [0.2, 0.25) is 0 Å². The average molecular weight is 181 g/mol. The van der Waals surface area contributed by atoms with Crippen molar-refractivity contribution in [1.82, 2.24) is 5.32 Å². The molecule has 1 heterocycles. The quantitative estimate of drug-likeness (QED) is 0.511. The fourth-order valence-corrected chi connectivity index (χ4v) is 1.59. The maximum Gasteiger partial charge on any atom is 0.0506 e. The number of hydrogen-bond donors (Lipinski definition) is 1. The number of ether oxygens (including phenoxy) is 1. The van der Waals surface area contributed by atoms with Crippen LogP contribution in [-0.4, -0.2) is 26.3 Å². The molecule has 1 aliphatic rings. The van der Waals surface area contributed by atoms with E-state index < -0.39 is 0 Å². The largest absolute Gasteiger partial charge is 0.381 e. The Hall–Kier alpha value is -0.520. The summed E-state index contributed by atoms with van der Waals surface area (Å²) in [4.78, 5) is 0. The fraction of sp³-hybridized carbons (Fsp3) is 0.818. The molecule has 2 nitrogen and oxygen atoms in total. The summed E-state index contributed by atoms with van der Waals surface area (Å²) in [6.45, 7) is 4.01. The summed E-state index contributed by atoms with van der Waals surface area (Å²) in [5.74, 6) is 3.36. The molecule has 0 bridgehead atoms. The minimum Gasteiger partial charge on any atom is -0.381 e. The molecule has 13 heavy (non-hydrogen) atoms. The molecule has 0 saturated carbocycles. The van der Waals surface area contributed by atoms with Gasteiger partial charge in [-0.1, -0.05) is 0 Å². The molecular formula is C11H19NO. The van der Waals surface area contributed by atoms with Gasteiger partial charge in [0.1, 0.15) is 0 Å². The Morgan fingerprint density at radius 2 is 2.46 bits per heavy atom. The van der Waals surface area contributed by atoms with Crippen LogP contribution in [-0.2, 0) is 4.74 Å². The standard InChI is InChI=1S/C11H19NO/c1-2-3-4-7-12-9-11-6-5-8-13-10-11/h1,11-12H,3-10H2.